The van der Waals surface area contributed by atoms with Crippen molar-refractivity contribution in [3.05, 3.63) is 108 Å². The van der Waals surface area contributed by atoms with Gasteiger partial charge in [0, 0.05) is 34.7 Å². The van der Waals surface area contributed by atoms with Gasteiger partial charge in [0.25, 0.3) is 0 Å². The lowest BCUT2D eigenvalue weighted by Gasteiger charge is -2.08. The Morgan fingerprint density at radius 3 is 2.19 bits per heavy atom. The molecule has 0 aliphatic carbocycles. The maximum Gasteiger partial charge on any atom is 0.195 e. The van der Waals surface area contributed by atoms with Crippen molar-refractivity contribution < 1.29 is 14.3 Å². The Hall–Kier alpha value is -3.66. The van der Waals surface area contributed by atoms with Crippen LogP contribution in [0.15, 0.2) is 91.1 Å². The molecule has 1 N–H and O–H groups in total. The van der Waals surface area contributed by atoms with Crippen LogP contribution in [-0.4, -0.2) is 18.7 Å². The first-order valence-corrected chi connectivity index (χ1v) is 8.49. The van der Waals surface area contributed by atoms with E-state index in [1.807, 2.05) is 30.3 Å². The van der Waals surface area contributed by atoms with Crippen molar-refractivity contribution >= 4 is 17.3 Å². The van der Waals surface area contributed by atoms with Crippen LogP contribution in [-0.2, 0) is 0 Å². The Balaban J connectivity index is 1.73. The van der Waals surface area contributed by atoms with E-state index >= 15 is 0 Å². The quantitative estimate of drug-likeness (QED) is 0.490. The summed E-state index contributed by atoms with van der Waals surface area (Å²) in [5.41, 5.74) is 2.36. The summed E-state index contributed by atoms with van der Waals surface area (Å²) in [5, 5.41) is 3.04. The van der Waals surface area contributed by atoms with E-state index in [1.54, 1.807) is 61.8 Å². The minimum absolute atomic E-state index is 0.0754. The summed E-state index contributed by atoms with van der Waals surface area (Å²) in [6.45, 7) is 0. The zero-order valence-corrected chi connectivity index (χ0v) is 14.9. The Bertz CT molecular complexity index is 960. The molecule has 0 aliphatic rings. The lowest BCUT2D eigenvalue weighted by atomic mass is 10.0. The summed E-state index contributed by atoms with van der Waals surface area (Å²) in [5.74, 6) is 0.479. The van der Waals surface area contributed by atoms with E-state index in [9.17, 15) is 9.59 Å². The van der Waals surface area contributed by atoms with Crippen LogP contribution < -0.4 is 10.1 Å². The zero-order valence-electron chi connectivity index (χ0n) is 14.9. The molecule has 3 aromatic rings. The molecule has 0 fully saturated rings. The van der Waals surface area contributed by atoms with Gasteiger partial charge >= 0.3 is 0 Å². The zero-order chi connectivity index (χ0) is 19.1. The Kier molecular flexibility index (Phi) is 5.80. The molecule has 0 heterocycles. The monoisotopic (exact) mass is 357 g/mol. The molecule has 0 aliphatic heterocycles. The number of carbonyl (C=O) groups excluding carboxylic acids is 2. The van der Waals surface area contributed by atoms with E-state index in [1.165, 1.54) is 6.08 Å². The Labute approximate surface area is 158 Å². The maximum absolute atomic E-state index is 12.7. The summed E-state index contributed by atoms with van der Waals surface area (Å²) in [7, 11) is 1.58. The van der Waals surface area contributed by atoms with E-state index in [4.69, 9.17) is 4.74 Å². The fourth-order valence-electron chi connectivity index (χ4n) is 2.61. The number of para-hydroxylation sites is 1. The standard InChI is InChI=1S/C23H19NO3/c1-27-19-13-11-17(12-14-19)22(25)15-16-24-21-10-6-5-9-20(21)23(26)18-7-3-2-4-8-18/h2-16,24H,1H3/b16-15-. The fourth-order valence-corrected chi connectivity index (χ4v) is 2.61. The molecule has 0 amide bonds. The third-order valence-electron chi connectivity index (χ3n) is 4.06. The molecule has 0 bridgehead atoms. The Morgan fingerprint density at radius 1 is 0.815 bits per heavy atom. The van der Waals surface area contributed by atoms with Crippen molar-refractivity contribution in [2.75, 3.05) is 12.4 Å². The SMILES string of the molecule is COc1ccc(C(=O)/C=C\Nc2ccccc2C(=O)c2ccccc2)cc1. The molecule has 0 saturated carbocycles. The van der Waals surface area contributed by atoms with Crippen LogP contribution in [0, 0.1) is 0 Å². The number of allylic oxidation sites excluding steroid dienone is 1. The number of carbonyl (C=O) groups is 2. The first-order chi connectivity index (χ1) is 13.2. The summed E-state index contributed by atoms with van der Waals surface area (Å²) in [6, 6.07) is 23.2. The average molecular weight is 357 g/mol. The minimum Gasteiger partial charge on any atom is -0.497 e. The van der Waals surface area contributed by atoms with E-state index in [0.717, 1.165) is 0 Å². The number of rotatable bonds is 7. The molecular formula is C23H19NO3. The van der Waals surface area contributed by atoms with Crippen LogP contribution in [0.4, 0.5) is 5.69 Å². The topological polar surface area (TPSA) is 55.4 Å². The molecule has 0 saturated heterocycles. The number of benzene rings is 3. The molecule has 0 atom stereocenters. The summed E-state index contributed by atoms with van der Waals surface area (Å²) < 4.78 is 5.09. The van der Waals surface area contributed by atoms with Crippen molar-refractivity contribution in [2.24, 2.45) is 0 Å². The molecule has 4 heteroatoms. The summed E-state index contributed by atoms with van der Waals surface area (Å²) >= 11 is 0. The van der Waals surface area contributed by atoms with Gasteiger partial charge < -0.3 is 10.1 Å². The number of ketones is 2. The number of anilines is 1. The average Bonchev–Trinajstić information content (AvgIpc) is 2.74. The van der Waals surface area contributed by atoms with Crippen LogP contribution in [0.5, 0.6) is 5.75 Å². The van der Waals surface area contributed by atoms with Crippen molar-refractivity contribution in [3.8, 4) is 5.75 Å². The summed E-state index contributed by atoms with van der Waals surface area (Å²) in [6.07, 6.45) is 2.98. The highest BCUT2D eigenvalue weighted by atomic mass is 16.5. The highest BCUT2D eigenvalue weighted by molar-refractivity contribution is 6.12. The molecule has 0 unspecified atom stereocenters. The predicted octanol–water partition coefficient (Wildman–Crippen LogP) is 4.73. The van der Waals surface area contributed by atoms with Crippen LogP contribution in [0.3, 0.4) is 0 Å². The van der Waals surface area contributed by atoms with Gasteiger partial charge in [-0.05, 0) is 36.4 Å². The molecular weight excluding hydrogens is 338 g/mol. The van der Waals surface area contributed by atoms with E-state index in [-0.39, 0.29) is 11.6 Å². The van der Waals surface area contributed by atoms with Gasteiger partial charge in [-0.3, -0.25) is 9.59 Å². The normalized spacial score (nSPS) is 10.6. The molecule has 27 heavy (non-hydrogen) atoms. The van der Waals surface area contributed by atoms with Crippen LogP contribution in [0.1, 0.15) is 26.3 Å². The molecule has 3 aromatic carbocycles. The third-order valence-corrected chi connectivity index (χ3v) is 4.06. The van der Waals surface area contributed by atoms with Gasteiger partial charge in [0.05, 0.1) is 7.11 Å². The van der Waals surface area contributed by atoms with E-state index < -0.39 is 0 Å². The second kappa shape index (κ2) is 8.63. The van der Waals surface area contributed by atoms with Gasteiger partial charge in [0.15, 0.2) is 11.6 Å². The van der Waals surface area contributed by atoms with E-state index in [0.29, 0.717) is 28.1 Å². The lowest BCUT2D eigenvalue weighted by molar-refractivity contribution is 0.103. The molecule has 0 radical (unpaired) electrons. The van der Waals surface area contributed by atoms with Crippen molar-refractivity contribution in [3.63, 3.8) is 0 Å². The molecule has 0 spiro atoms. The fraction of sp³-hybridized carbons (Fsp3) is 0.0435. The van der Waals surface area contributed by atoms with Gasteiger partial charge in [-0.1, -0.05) is 42.5 Å². The molecule has 4 nitrogen and oxygen atoms in total. The van der Waals surface area contributed by atoms with Gasteiger partial charge in [-0.25, -0.2) is 0 Å². The number of ether oxygens (including phenoxy) is 1. The minimum atomic E-state index is -0.142. The van der Waals surface area contributed by atoms with Gasteiger partial charge in [0.1, 0.15) is 5.75 Å². The largest absolute Gasteiger partial charge is 0.497 e. The summed E-state index contributed by atoms with van der Waals surface area (Å²) in [4.78, 5) is 24.9. The molecule has 134 valence electrons. The first-order valence-electron chi connectivity index (χ1n) is 8.49. The van der Waals surface area contributed by atoms with Crippen LogP contribution in [0.2, 0.25) is 0 Å². The highest BCUT2D eigenvalue weighted by Crippen LogP contribution is 2.19. The first kappa shape index (κ1) is 18.1. The van der Waals surface area contributed by atoms with Crippen LogP contribution >= 0.6 is 0 Å². The van der Waals surface area contributed by atoms with Gasteiger partial charge in [-0.2, -0.15) is 0 Å². The molecule has 3 rings (SSSR count). The molecule has 0 aromatic heterocycles. The van der Waals surface area contributed by atoms with Crippen molar-refractivity contribution in [1.29, 1.82) is 0 Å². The number of nitrogens with one attached hydrogen (secondary N) is 1. The van der Waals surface area contributed by atoms with Gasteiger partial charge in [0.2, 0.25) is 0 Å². The third kappa shape index (κ3) is 4.50. The number of hydrogen-bond donors (Lipinski definition) is 1. The predicted molar refractivity (Wildman–Crippen MR) is 106 cm³/mol. The van der Waals surface area contributed by atoms with Crippen molar-refractivity contribution in [1.82, 2.24) is 0 Å². The number of methoxy groups -OCH3 is 1. The number of hydrogen-bond acceptors (Lipinski definition) is 4. The smallest absolute Gasteiger partial charge is 0.195 e. The maximum atomic E-state index is 12.7. The second-order valence-electron chi connectivity index (χ2n) is 5.81. The highest BCUT2D eigenvalue weighted by Gasteiger charge is 2.12. The second-order valence-corrected chi connectivity index (χ2v) is 5.81. The lowest BCUT2D eigenvalue weighted by Crippen LogP contribution is -2.05. The Morgan fingerprint density at radius 2 is 1.48 bits per heavy atom. The van der Waals surface area contributed by atoms with Crippen molar-refractivity contribution in [2.45, 2.75) is 0 Å². The van der Waals surface area contributed by atoms with Crippen LogP contribution in [0.25, 0.3) is 0 Å². The van der Waals surface area contributed by atoms with Gasteiger partial charge in [-0.15, -0.1) is 0 Å². The van der Waals surface area contributed by atoms with E-state index in [2.05, 4.69) is 5.32 Å².